The Bertz CT molecular complexity index is 397. The van der Waals surface area contributed by atoms with Crippen molar-refractivity contribution in [2.24, 2.45) is 0 Å². The van der Waals surface area contributed by atoms with Crippen LogP contribution < -0.4 is 0 Å². The van der Waals surface area contributed by atoms with E-state index in [-0.39, 0.29) is 24.9 Å². The minimum atomic E-state index is -0.328. The van der Waals surface area contributed by atoms with Crippen molar-refractivity contribution in [3.05, 3.63) is 35.9 Å². The van der Waals surface area contributed by atoms with Gasteiger partial charge in [-0.1, -0.05) is 30.3 Å². The summed E-state index contributed by atoms with van der Waals surface area (Å²) in [5.41, 5.74) is 0.974. The van der Waals surface area contributed by atoms with E-state index in [2.05, 4.69) is 0 Å². The molecule has 0 spiro atoms. The molecule has 1 aliphatic heterocycles. The smallest absolute Gasteiger partial charge is 0.410 e. The molecule has 1 fully saturated rings. The van der Waals surface area contributed by atoms with Crippen LogP contribution >= 0.6 is 0 Å². The summed E-state index contributed by atoms with van der Waals surface area (Å²) in [6.07, 6.45) is -0.506. The normalized spacial score (nSPS) is 22.5. The van der Waals surface area contributed by atoms with E-state index in [1.54, 1.807) is 19.1 Å². The zero-order valence-corrected chi connectivity index (χ0v) is 11.2. The zero-order chi connectivity index (χ0) is 13.7. The second-order valence-electron chi connectivity index (χ2n) is 4.49. The molecule has 0 aromatic heterocycles. The van der Waals surface area contributed by atoms with Crippen LogP contribution in [0, 0.1) is 0 Å². The molecule has 2 atom stereocenters. The molecular weight excluding hydrogens is 246 g/mol. The maximum atomic E-state index is 11.9. The van der Waals surface area contributed by atoms with Crippen LogP contribution in [0.5, 0.6) is 0 Å². The first-order valence-electron chi connectivity index (χ1n) is 6.25. The lowest BCUT2D eigenvalue weighted by Crippen LogP contribution is -2.30. The van der Waals surface area contributed by atoms with Crippen LogP contribution in [-0.4, -0.2) is 50.5 Å². The van der Waals surface area contributed by atoms with Crippen LogP contribution in [0.4, 0.5) is 4.79 Å². The number of carbonyl (C=O) groups excluding carboxylic acids is 1. The summed E-state index contributed by atoms with van der Waals surface area (Å²) in [5.74, 6) is 0. The average molecular weight is 265 g/mol. The van der Waals surface area contributed by atoms with Gasteiger partial charge in [0.2, 0.25) is 0 Å². The van der Waals surface area contributed by atoms with Crippen molar-refractivity contribution in [1.82, 2.24) is 4.90 Å². The minimum absolute atomic E-state index is 0.0886. The van der Waals surface area contributed by atoms with Gasteiger partial charge < -0.3 is 19.1 Å². The Morgan fingerprint density at radius 1 is 1.16 bits per heavy atom. The van der Waals surface area contributed by atoms with Crippen LogP contribution in [0.15, 0.2) is 30.3 Å². The van der Waals surface area contributed by atoms with Crippen LogP contribution in [0.25, 0.3) is 0 Å². The second-order valence-corrected chi connectivity index (χ2v) is 4.49. The van der Waals surface area contributed by atoms with Gasteiger partial charge in [0.25, 0.3) is 0 Å². The SMILES string of the molecule is CO[C@H]1CN(C(=O)OCc2ccccc2)C[C@H]1OC. The van der Waals surface area contributed by atoms with E-state index in [0.717, 1.165) is 5.56 Å². The molecule has 1 aromatic rings. The highest BCUT2D eigenvalue weighted by molar-refractivity contribution is 5.68. The van der Waals surface area contributed by atoms with Gasteiger partial charge in [-0.05, 0) is 5.56 Å². The van der Waals surface area contributed by atoms with Gasteiger partial charge in [-0.2, -0.15) is 0 Å². The maximum absolute atomic E-state index is 11.9. The third-order valence-corrected chi connectivity index (χ3v) is 3.28. The molecule has 104 valence electrons. The van der Waals surface area contributed by atoms with E-state index >= 15 is 0 Å². The van der Waals surface area contributed by atoms with Crippen molar-refractivity contribution >= 4 is 6.09 Å². The van der Waals surface area contributed by atoms with Gasteiger partial charge in [-0.3, -0.25) is 0 Å². The van der Waals surface area contributed by atoms with E-state index in [0.29, 0.717) is 13.1 Å². The van der Waals surface area contributed by atoms with Crippen molar-refractivity contribution in [3.8, 4) is 0 Å². The number of carbonyl (C=O) groups is 1. The van der Waals surface area contributed by atoms with E-state index in [1.165, 1.54) is 0 Å². The summed E-state index contributed by atoms with van der Waals surface area (Å²) in [6, 6.07) is 9.61. The third-order valence-electron chi connectivity index (χ3n) is 3.28. The predicted octanol–water partition coefficient (Wildman–Crippen LogP) is 1.67. The number of amides is 1. The lowest BCUT2D eigenvalue weighted by Gasteiger charge is -2.15. The lowest BCUT2D eigenvalue weighted by atomic mass is 10.2. The number of rotatable bonds is 4. The number of hydrogen-bond donors (Lipinski definition) is 0. The molecule has 1 aromatic carbocycles. The highest BCUT2D eigenvalue weighted by Gasteiger charge is 2.36. The molecule has 0 radical (unpaired) electrons. The summed E-state index contributed by atoms with van der Waals surface area (Å²) >= 11 is 0. The van der Waals surface area contributed by atoms with E-state index in [4.69, 9.17) is 14.2 Å². The highest BCUT2D eigenvalue weighted by Crippen LogP contribution is 2.17. The number of methoxy groups -OCH3 is 2. The molecule has 1 aliphatic rings. The van der Waals surface area contributed by atoms with E-state index < -0.39 is 0 Å². The second kappa shape index (κ2) is 6.54. The van der Waals surface area contributed by atoms with Crippen molar-refractivity contribution in [2.75, 3.05) is 27.3 Å². The summed E-state index contributed by atoms with van der Waals surface area (Å²) < 4.78 is 15.8. The average Bonchev–Trinajstić information content (AvgIpc) is 2.89. The lowest BCUT2D eigenvalue weighted by molar-refractivity contribution is -0.00461. The van der Waals surface area contributed by atoms with Crippen LogP contribution in [-0.2, 0) is 20.8 Å². The molecule has 0 N–H and O–H groups in total. The Hall–Kier alpha value is -1.59. The van der Waals surface area contributed by atoms with Gasteiger partial charge in [-0.15, -0.1) is 0 Å². The van der Waals surface area contributed by atoms with Gasteiger partial charge in [0.1, 0.15) is 18.8 Å². The largest absolute Gasteiger partial charge is 0.445 e. The van der Waals surface area contributed by atoms with Crippen molar-refractivity contribution in [2.45, 2.75) is 18.8 Å². The topological polar surface area (TPSA) is 48.0 Å². The maximum Gasteiger partial charge on any atom is 0.410 e. The minimum Gasteiger partial charge on any atom is -0.445 e. The Labute approximate surface area is 113 Å². The molecule has 1 amide bonds. The Morgan fingerprint density at radius 2 is 1.74 bits per heavy atom. The van der Waals surface area contributed by atoms with Crippen LogP contribution in [0.2, 0.25) is 0 Å². The molecule has 0 unspecified atom stereocenters. The van der Waals surface area contributed by atoms with Crippen LogP contribution in [0.3, 0.4) is 0 Å². The Kier molecular flexibility index (Phi) is 4.76. The molecule has 5 nitrogen and oxygen atoms in total. The van der Waals surface area contributed by atoms with Gasteiger partial charge in [-0.25, -0.2) is 4.79 Å². The molecule has 0 bridgehead atoms. The fourth-order valence-electron chi connectivity index (χ4n) is 2.16. The zero-order valence-electron chi connectivity index (χ0n) is 11.2. The molecule has 0 saturated carbocycles. The van der Waals surface area contributed by atoms with Crippen molar-refractivity contribution in [3.63, 3.8) is 0 Å². The van der Waals surface area contributed by atoms with Crippen molar-refractivity contribution < 1.29 is 19.0 Å². The third kappa shape index (κ3) is 3.45. The fraction of sp³-hybridized carbons (Fsp3) is 0.500. The first-order chi connectivity index (χ1) is 9.24. The molecule has 19 heavy (non-hydrogen) atoms. The number of likely N-dealkylation sites (tertiary alicyclic amines) is 1. The van der Waals surface area contributed by atoms with Gasteiger partial charge in [0.05, 0.1) is 13.1 Å². The first kappa shape index (κ1) is 13.8. The first-order valence-corrected chi connectivity index (χ1v) is 6.25. The Morgan fingerprint density at radius 3 is 2.26 bits per heavy atom. The van der Waals surface area contributed by atoms with E-state index in [9.17, 15) is 4.79 Å². The van der Waals surface area contributed by atoms with Gasteiger partial charge in [0, 0.05) is 14.2 Å². The summed E-state index contributed by atoms with van der Waals surface area (Å²) in [4.78, 5) is 13.6. The number of hydrogen-bond acceptors (Lipinski definition) is 4. The van der Waals surface area contributed by atoms with Gasteiger partial charge in [0.15, 0.2) is 0 Å². The molecule has 0 aliphatic carbocycles. The summed E-state index contributed by atoms with van der Waals surface area (Å²) in [6.45, 7) is 1.29. The predicted molar refractivity (Wildman–Crippen MR) is 69.8 cm³/mol. The molecule has 5 heteroatoms. The molecule has 2 rings (SSSR count). The Balaban J connectivity index is 1.84. The summed E-state index contributed by atoms with van der Waals surface area (Å²) in [7, 11) is 3.24. The number of nitrogens with zero attached hydrogens (tertiary/aromatic N) is 1. The molecule has 1 heterocycles. The van der Waals surface area contributed by atoms with E-state index in [1.807, 2.05) is 30.3 Å². The fourth-order valence-corrected chi connectivity index (χ4v) is 2.16. The number of ether oxygens (including phenoxy) is 3. The van der Waals surface area contributed by atoms with Crippen LogP contribution in [0.1, 0.15) is 5.56 Å². The summed E-state index contributed by atoms with van der Waals surface area (Å²) in [5, 5.41) is 0. The highest BCUT2D eigenvalue weighted by atomic mass is 16.6. The monoisotopic (exact) mass is 265 g/mol. The standard InChI is InChI=1S/C14H19NO4/c1-17-12-8-15(9-13(12)18-2)14(16)19-10-11-6-4-3-5-7-11/h3-7,12-13H,8-10H2,1-2H3/t12-,13+. The van der Waals surface area contributed by atoms with Gasteiger partial charge >= 0.3 is 6.09 Å². The number of benzene rings is 1. The van der Waals surface area contributed by atoms with Crippen molar-refractivity contribution in [1.29, 1.82) is 0 Å². The quantitative estimate of drug-likeness (QED) is 0.831. The molecule has 1 saturated heterocycles. The molecular formula is C14H19NO4.